The predicted octanol–water partition coefficient (Wildman–Crippen LogP) is 5.11. The lowest BCUT2D eigenvalue weighted by atomic mass is 10.1. The van der Waals surface area contributed by atoms with Gasteiger partial charge in [0.25, 0.3) is 0 Å². The summed E-state index contributed by atoms with van der Waals surface area (Å²) in [4.78, 5) is 0.203. The van der Waals surface area contributed by atoms with Gasteiger partial charge >= 0.3 is 6.18 Å². The van der Waals surface area contributed by atoms with Crippen LogP contribution in [0.25, 0.3) is 0 Å². The molecular weight excluding hydrogens is 319 g/mol. The Bertz CT molecular complexity index is 611. The van der Waals surface area contributed by atoms with Crippen molar-refractivity contribution in [2.24, 2.45) is 5.73 Å². The van der Waals surface area contributed by atoms with Crippen molar-refractivity contribution in [3.8, 4) is 0 Å². The van der Waals surface area contributed by atoms with E-state index in [1.807, 2.05) is 0 Å². The molecule has 6 heteroatoms. The predicted molar refractivity (Wildman–Crippen MR) is 80.3 cm³/mol. The van der Waals surface area contributed by atoms with Crippen molar-refractivity contribution in [3.05, 3.63) is 64.2 Å². The summed E-state index contributed by atoms with van der Waals surface area (Å²) in [6.07, 6.45) is -4.38. The van der Waals surface area contributed by atoms with Crippen LogP contribution in [0.4, 0.5) is 13.2 Å². The van der Waals surface area contributed by atoms with E-state index in [2.05, 4.69) is 0 Å². The van der Waals surface area contributed by atoms with E-state index in [0.29, 0.717) is 16.3 Å². The molecule has 0 amide bonds. The van der Waals surface area contributed by atoms with E-state index in [4.69, 9.17) is 17.3 Å². The fourth-order valence-corrected chi connectivity index (χ4v) is 2.93. The van der Waals surface area contributed by atoms with Gasteiger partial charge in [-0.25, -0.2) is 0 Å². The number of nitrogens with two attached hydrogens (primary N) is 1. The van der Waals surface area contributed by atoms with Gasteiger partial charge in [-0.05, 0) is 35.4 Å². The Kier molecular flexibility index (Phi) is 5.19. The molecule has 0 unspecified atom stereocenters. The minimum absolute atomic E-state index is 0.0885. The summed E-state index contributed by atoms with van der Waals surface area (Å²) in [7, 11) is 0. The van der Waals surface area contributed by atoms with E-state index in [1.165, 1.54) is 6.07 Å². The van der Waals surface area contributed by atoms with Gasteiger partial charge in [0.15, 0.2) is 0 Å². The van der Waals surface area contributed by atoms with E-state index in [-0.39, 0.29) is 11.4 Å². The average molecular weight is 332 g/mol. The molecule has 112 valence electrons. The zero-order valence-corrected chi connectivity index (χ0v) is 12.5. The summed E-state index contributed by atoms with van der Waals surface area (Å²) in [6, 6.07) is 11.3. The van der Waals surface area contributed by atoms with Crippen molar-refractivity contribution in [2.45, 2.75) is 23.4 Å². The Morgan fingerprint density at radius 2 is 1.62 bits per heavy atom. The molecular formula is C15H13ClF3NS. The van der Waals surface area contributed by atoms with Crippen molar-refractivity contribution in [1.82, 2.24) is 0 Å². The Labute approximate surface area is 130 Å². The molecule has 1 nitrogen and oxygen atoms in total. The molecule has 0 aliphatic heterocycles. The van der Waals surface area contributed by atoms with E-state index in [1.54, 1.807) is 30.3 Å². The first-order valence-electron chi connectivity index (χ1n) is 6.17. The normalized spacial score (nSPS) is 11.7. The number of hydrogen-bond acceptors (Lipinski definition) is 2. The van der Waals surface area contributed by atoms with Crippen molar-refractivity contribution in [1.29, 1.82) is 0 Å². The summed E-state index contributed by atoms with van der Waals surface area (Å²) in [5.41, 5.74) is 6.16. The third-order valence-electron chi connectivity index (χ3n) is 2.89. The van der Waals surface area contributed by atoms with E-state index >= 15 is 0 Å². The standard InChI is InChI=1S/C15H13ClF3NS/c16-12-4-1-10(2-5-12)9-21-14-6-3-11(8-20)7-13(14)15(17,18)19/h1-7H,8-9,20H2. The summed E-state index contributed by atoms with van der Waals surface area (Å²) in [5, 5.41) is 0.604. The van der Waals surface area contributed by atoms with Gasteiger partial charge in [0, 0.05) is 22.2 Å². The highest BCUT2D eigenvalue weighted by Crippen LogP contribution is 2.38. The number of alkyl halides is 3. The first-order valence-corrected chi connectivity index (χ1v) is 7.54. The molecule has 0 aliphatic rings. The second kappa shape index (κ2) is 6.73. The molecule has 2 aromatic rings. The van der Waals surface area contributed by atoms with Gasteiger partial charge in [0.05, 0.1) is 5.56 Å². The van der Waals surface area contributed by atoms with Crippen LogP contribution in [-0.2, 0) is 18.5 Å². The maximum absolute atomic E-state index is 13.1. The Morgan fingerprint density at radius 1 is 1.00 bits per heavy atom. The quantitative estimate of drug-likeness (QED) is 0.788. The lowest BCUT2D eigenvalue weighted by Gasteiger charge is -2.14. The molecule has 21 heavy (non-hydrogen) atoms. The summed E-state index contributed by atoms with van der Waals surface area (Å²) < 4.78 is 39.2. The first kappa shape index (κ1) is 16.2. The molecule has 0 aromatic heterocycles. The van der Waals surface area contributed by atoms with Crippen LogP contribution in [0, 0.1) is 0 Å². The molecule has 2 N–H and O–H groups in total. The van der Waals surface area contributed by atoms with Crippen molar-refractivity contribution in [2.75, 3.05) is 0 Å². The van der Waals surface area contributed by atoms with Crippen molar-refractivity contribution < 1.29 is 13.2 Å². The highest BCUT2D eigenvalue weighted by atomic mass is 35.5. The molecule has 2 aromatic carbocycles. The highest BCUT2D eigenvalue weighted by Gasteiger charge is 2.33. The topological polar surface area (TPSA) is 26.0 Å². The fraction of sp³-hybridized carbons (Fsp3) is 0.200. The fourth-order valence-electron chi connectivity index (χ4n) is 1.79. The zero-order valence-electron chi connectivity index (χ0n) is 11.0. The third kappa shape index (κ3) is 4.40. The Morgan fingerprint density at radius 3 is 2.19 bits per heavy atom. The molecule has 0 heterocycles. The average Bonchev–Trinajstić information content (AvgIpc) is 2.45. The van der Waals surface area contributed by atoms with Crippen LogP contribution in [-0.4, -0.2) is 0 Å². The lowest BCUT2D eigenvalue weighted by Crippen LogP contribution is -2.09. The molecule has 0 atom stereocenters. The molecule has 0 aliphatic carbocycles. The van der Waals surface area contributed by atoms with Gasteiger partial charge in [-0.1, -0.05) is 29.8 Å². The van der Waals surface area contributed by atoms with Crippen LogP contribution in [0.2, 0.25) is 5.02 Å². The minimum atomic E-state index is -4.38. The van der Waals surface area contributed by atoms with Gasteiger partial charge in [0.2, 0.25) is 0 Å². The van der Waals surface area contributed by atoms with E-state index in [9.17, 15) is 13.2 Å². The number of halogens is 4. The third-order valence-corrected chi connectivity index (χ3v) is 4.29. The van der Waals surface area contributed by atoms with E-state index < -0.39 is 11.7 Å². The number of benzene rings is 2. The lowest BCUT2D eigenvalue weighted by molar-refractivity contribution is -0.139. The largest absolute Gasteiger partial charge is 0.417 e. The molecule has 0 saturated carbocycles. The van der Waals surface area contributed by atoms with Gasteiger partial charge in [0.1, 0.15) is 0 Å². The molecule has 0 bridgehead atoms. The van der Waals surface area contributed by atoms with Crippen LogP contribution >= 0.6 is 23.4 Å². The Balaban J connectivity index is 2.21. The van der Waals surface area contributed by atoms with Crippen LogP contribution in [0.5, 0.6) is 0 Å². The van der Waals surface area contributed by atoms with Crippen LogP contribution in [0.3, 0.4) is 0 Å². The maximum atomic E-state index is 13.1. The molecule has 0 saturated heterocycles. The SMILES string of the molecule is NCc1ccc(SCc2ccc(Cl)cc2)c(C(F)(F)F)c1. The summed E-state index contributed by atoms with van der Waals surface area (Å²) >= 11 is 6.93. The maximum Gasteiger partial charge on any atom is 0.417 e. The molecule has 0 fully saturated rings. The van der Waals surface area contributed by atoms with Gasteiger partial charge in [-0.15, -0.1) is 11.8 Å². The van der Waals surface area contributed by atoms with Crippen molar-refractivity contribution >= 4 is 23.4 Å². The van der Waals surface area contributed by atoms with Crippen LogP contribution < -0.4 is 5.73 Å². The molecule has 2 rings (SSSR count). The van der Waals surface area contributed by atoms with Gasteiger partial charge in [-0.2, -0.15) is 13.2 Å². The number of hydrogen-bond donors (Lipinski definition) is 1. The number of thioether (sulfide) groups is 1. The van der Waals surface area contributed by atoms with Crippen LogP contribution in [0.1, 0.15) is 16.7 Å². The second-order valence-electron chi connectivity index (χ2n) is 4.45. The molecule has 0 radical (unpaired) electrons. The van der Waals surface area contributed by atoms with Gasteiger partial charge < -0.3 is 5.73 Å². The zero-order chi connectivity index (χ0) is 15.5. The van der Waals surface area contributed by atoms with Crippen molar-refractivity contribution in [3.63, 3.8) is 0 Å². The summed E-state index contributed by atoms with van der Waals surface area (Å²) in [6.45, 7) is 0.0885. The Hall–Kier alpha value is -1.17. The first-order chi connectivity index (χ1) is 9.90. The van der Waals surface area contributed by atoms with E-state index in [0.717, 1.165) is 23.4 Å². The number of rotatable bonds is 4. The van der Waals surface area contributed by atoms with Gasteiger partial charge in [-0.3, -0.25) is 0 Å². The monoisotopic (exact) mass is 331 g/mol. The minimum Gasteiger partial charge on any atom is -0.326 e. The van der Waals surface area contributed by atoms with Crippen LogP contribution in [0.15, 0.2) is 47.4 Å². The second-order valence-corrected chi connectivity index (χ2v) is 5.90. The molecule has 0 spiro atoms. The smallest absolute Gasteiger partial charge is 0.326 e. The summed E-state index contributed by atoms with van der Waals surface area (Å²) in [5.74, 6) is 0.447. The highest BCUT2D eigenvalue weighted by molar-refractivity contribution is 7.98.